The van der Waals surface area contributed by atoms with Crippen LogP contribution in [0.1, 0.15) is 34.1 Å². The van der Waals surface area contributed by atoms with Gasteiger partial charge < -0.3 is 15.0 Å². The Kier molecular flexibility index (Phi) is 5.39. The van der Waals surface area contributed by atoms with Gasteiger partial charge in [-0.25, -0.2) is 9.97 Å². The maximum Gasteiger partial charge on any atom is 0.204 e. The van der Waals surface area contributed by atoms with E-state index in [0.717, 1.165) is 31.1 Å². The molecule has 5 nitrogen and oxygen atoms in total. The molecule has 108 valence electrons. The van der Waals surface area contributed by atoms with Gasteiger partial charge in [0.1, 0.15) is 6.33 Å². The number of hydrogen-bond donors (Lipinski definition) is 1. The number of nitrogens with one attached hydrogen (secondary N) is 1. The minimum absolute atomic E-state index is 0.196. The number of rotatable bonds is 6. The Morgan fingerprint density at radius 2 is 2.00 bits per heavy atom. The third kappa shape index (κ3) is 4.58. The average molecular weight is 266 g/mol. The van der Waals surface area contributed by atoms with Gasteiger partial charge in [0.05, 0.1) is 7.11 Å². The molecular formula is C14H26N4O. The zero-order valence-electron chi connectivity index (χ0n) is 12.9. The van der Waals surface area contributed by atoms with Crippen molar-refractivity contribution in [2.75, 3.05) is 37.5 Å². The fourth-order valence-corrected chi connectivity index (χ4v) is 1.98. The molecule has 5 heteroatoms. The molecule has 19 heavy (non-hydrogen) atoms. The second kappa shape index (κ2) is 6.59. The number of methoxy groups -OCH3 is 1. The molecule has 1 N–H and O–H groups in total. The smallest absolute Gasteiger partial charge is 0.204 e. The van der Waals surface area contributed by atoms with Gasteiger partial charge in [0.25, 0.3) is 0 Å². The standard InChI is InChI=1S/C14H26N4O/c1-7-8-15-12-11(19-6)13(17-10-16-12)18(5)9-14(2,3)4/h10H,7-9H2,1-6H3,(H,15,16,17). The lowest BCUT2D eigenvalue weighted by atomic mass is 9.96. The maximum atomic E-state index is 5.48. The third-order valence-electron chi connectivity index (χ3n) is 2.60. The molecule has 0 atom stereocenters. The topological polar surface area (TPSA) is 50.3 Å². The molecule has 1 heterocycles. The normalized spacial score (nSPS) is 11.3. The van der Waals surface area contributed by atoms with Gasteiger partial charge in [-0.1, -0.05) is 27.7 Å². The van der Waals surface area contributed by atoms with Crippen molar-refractivity contribution in [1.29, 1.82) is 0 Å². The summed E-state index contributed by atoms with van der Waals surface area (Å²) in [7, 11) is 3.68. The van der Waals surface area contributed by atoms with Gasteiger partial charge in [-0.15, -0.1) is 0 Å². The van der Waals surface area contributed by atoms with Crippen LogP contribution in [0.2, 0.25) is 0 Å². The average Bonchev–Trinajstić information content (AvgIpc) is 2.33. The Morgan fingerprint density at radius 1 is 1.32 bits per heavy atom. The Balaban J connectivity index is 2.99. The minimum atomic E-state index is 0.196. The molecule has 0 radical (unpaired) electrons. The molecule has 0 bridgehead atoms. The highest BCUT2D eigenvalue weighted by Gasteiger charge is 2.20. The van der Waals surface area contributed by atoms with E-state index in [-0.39, 0.29) is 5.41 Å². The summed E-state index contributed by atoms with van der Waals surface area (Å²) in [5.74, 6) is 2.30. The Labute approximate surface area is 116 Å². The quantitative estimate of drug-likeness (QED) is 0.858. The summed E-state index contributed by atoms with van der Waals surface area (Å²) in [6.07, 6.45) is 2.62. The molecule has 1 aromatic heterocycles. The summed E-state index contributed by atoms with van der Waals surface area (Å²) in [5, 5.41) is 3.27. The van der Waals surface area contributed by atoms with Crippen LogP contribution in [0.25, 0.3) is 0 Å². The lowest BCUT2D eigenvalue weighted by molar-refractivity contribution is 0.398. The van der Waals surface area contributed by atoms with E-state index in [1.54, 1.807) is 13.4 Å². The second-order valence-electron chi connectivity index (χ2n) is 5.92. The van der Waals surface area contributed by atoms with Crippen molar-refractivity contribution in [2.45, 2.75) is 34.1 Å². The predicted molar refractivity (Wildman–Crippen MR) is 80.1 cm³/mol. The lowest BCUT2D eigenvalue weighted by Gasteiger charge is -2.28. The van der Waals surface area contributed by atoms with Crippen LogP contribution < -0.4 is 15.0 Å². The molecule has 0 aliphatic rings. The van der Waals surface area contributed by atoms with E-state index in [1.165, 1.54) is 0 Å². The summed E-state index contributed by atoms with van der Waals surface area (Å²) in [6.45, 7) is 10.5. The molecule has 0 aliphatic carbocycles. The van der Waals surface area contributed by atoms with E-state index in [1.807, 2.05) is 7.05 Å². The Morgan fingerprint density at radius 3 is 2.53 bits per heavy atom. The molecule has 0 saturated heterocycles. The predicted octanol–water partition coefficient (Wildman–Crippen LogP) is 2.79. The highest BCUT2D eigenvalue weighted by Crippen LogP contribution is 2.32. The van der Waals surface area contributed by atoms with E-state index in [9.17, 15) is 0 Å². The van der Waals surface area contributed by atoms with Gasteiger partial charge in [0.2, 0.25) is 5.75 Å². The van der Waals surface area contributed by atoms with Crippen molar-refractivity contribution < 1.29 is 4.74 Å². The number of anilines is 2. The van der Waals surface area contributed by atoms with Crippen molar-refractivity contribution >= 4 is 11.6 Å². The minimum Gasteiger partial charge on any atom is -0.490 e. The zero-order valence-corrected chi connectivity index (χ0v) is 12.9. The molecule has 0 saturated carbocycles. The molecule has 1 aromatic rings. The van der Waals surface area contributed by atoms with Crippen molar-refractivity contribution in [3.05, 3.63) is 6.33 Å². The van der Waals surface area contributed by atoms with Crippen LogP contribution >= 0.6 is 0 Å². The second-order valence-corrected chi connectivity index (χ2v) is 5.92. The van der Waals surface area contributed by atoms with Gasteiger partial charge in [0, 0.05) is 20.1 Å². The fourth-order valence-electron chi connectivity index (χ4n) is 1.98. The van der Waals surface area contributed by atoms with Crippen LogP contribution in [-0.4, -0.2) is 37.2 Å². The highest BCUT2D eigenvalue weighted by molar-refractivity contribution is 5.64. The van der Waals surface area contributed by atoms with Gasteiger partial charge in [-0.2, -0.15) is 0 Å². The van der Waals surface area contributed by atoms with Crippen LogP contribution in [-0.2, 0) is 0 Å². The highest BCUT2D eigenvalue weighted by atomic mass is 16.5. The number of aromatic nitrogens is 2. The largest absolute Gasteiger partial charge is 0.490 e. The Bertz CT molecular complexity index is 401. The first-order chi connectivity index (χ1) is 8.89. The monoisotopic (exact) mass is 266 g/mol. The van der Waals surface area contributed by atoms with E-state index >= 15 is 0 Å². The molecule has 0 spiro atoms. The van der Waals surface area contributed by atoms with E-state index < -0.39 is 0 Å². The van der Waals surface area contributed by atoms with Gasteiger partial charge in [-0.3, -0.25) is 0 Å². The summed E-state index contributed by atoms with van der Waals surface area (Å²) in [4.78, 5) is 10.7. The molecular weight excluding hydrogens is 240 g/mol. The van der Waals surface area contributed by atoms with Crippen molar-refractivity contribution in [1.82, 2.24) is 9.97 Å². The number of hydrogen-bond acceptors (Lipinski definition) is 5. The maximum absolute atomic E-state index is 5.48. The first-order valence-electron chi connectivity index (χ1n) is 6.73. The van der Waals surface area contributed by atoms with E-state index in [4.69, 9.17) is 4.74 Å². The molecule has 0 unspecified atom stereocenters. The first-order valence-corrected chi connectivity index (χ1v) is 6.73. The van der Waals surface area contributed by atoms with Crippen molar-refractivity contribution in [2.24, 2.45) is 5.41 Å². The summed E-state index contributed by atoms with van der Waals surface area (Å²) in [6, 6.07) is 0. The fraction of sp³-hybridized carbons (Fsp3) is 0.714. The summed E-state index contributed by atoms with van der Waals surface area (Å²) in [5.41, 5.74) is 0.196. The van der Waals surface area contributed by atoms with Crippen LogP contribution in [0.3, 0.4) is 0 Å². The summed E-state index contributed by atoms with van der Waals surface area (Å²) < 4.78 is 5.48. The van der Waals surface area contributed by atoms with Crippen molar-refractivity contribution in [3.8, 4) is 5.75 Å². The van der Waals surface area contributed by atoms with E-state index in [2.05, 4.69) is 47.9 Å². The molecule has 0 aliphatic heterocycles. The van der Waals surface area contributed by atoms with E-state index in [0.29, 0.717) is 5.75 Å². The zero-order chi connectivity index (χ0) is 14.5. The lowest BCUT2D eigenvalue weighted by Crippen LogP contribution is -2.30. The SMILES string of the molecule is CCCNc1ncnc(N(C)CC(C)(C)C)c1OC. The molecule has 0 amide bonds. The van der Waals surface area contributed by atoms with Gasteiger partial charge in [-0.05, 0) is 11.8 Å². The van der Waals surface area contributed by atoms with Crippen LogP contribution in [0.4, 0.5) is 11.6 Å². The number of ether oxygens (including phenoxy) is 1. The van der Waals surface area contributed by atoms with Crippen LogP contribution in [0, 0.1) is 5.41 Å². The van der Waals surface area contributed by atoms with Crippen LogP contribution in [0.5, 0.6) is 5.75 Å². The first kappa shape index (κ1) is 15.5. The molecule has 0 aromatic carbocycles. The van der Waals surface area contributed by atoms with Crippen LogP contribution in [0.15, 0.2) is 6.33 Å². The van der Waals surface area contributed by atoms with Gasteiger partial charge in [0.15, 0.2) is 11.6 Å². The summed E-state index contributed by atoms with van der Waals surface area (Å²) >= 11 is 0. The van der Waals surface area contributed by atoms with Gasteiger partial charge >= 0.3 is 0 Å². The Hall–Kier alpha value is -1.52. The van der Waals surface area contributed by atoms with Crippen molar-refractivity contribution in [3.63, 3.8) is 0 Å². The third-order valence-corrected chi connectivity index (χ3v) is 2.60. The molecule has 1 rings (SSSR count). The molecule has 0 fully saturated rings. The number of nitrogens with zero attached hydrogens (tertiary/aromatic N) is 3.